The van der Waals surface area contributed by atoms with Gasteiger partial charge in [-0.25, -0.2) is 8.78 Å². The van der Waals surface area contributed by atoms with E-state index in [-0.39, 0.29) is 11.5 Å². The fraction of sp³-hybridized carbons (Fsp3) is 0.176. The number of nitrogens with one attached hydrogen (secondary N) is 1. The summed E-state index contributed by atoms with van der Waals surface area (Å²) in [7, 11) is 0. The SMILES string of the molecule is CC(=O)c1cccc(O[C@H](C)C(=O)Nc2cc(F)ccc2F)c1. The number of hydrogen-bond acceptors (Lipinski definition) is 3. The number of anilines is 1. The second-order valence-corrected chi connectivity index (χ2v) is 4.96. The lowest BCUT2D eigenvalue weighted by molar-refractivity contribution is -0.122. The van der Waals surface area contributed by atoms with Crippen LogP contribution in [0.4, 0.5) is 14.5 Å². The van der Waals surface area contributed by atoms with Crippen LogP contribution in [0, 0.1) is 11.6 Å². The van der Waals surface area contributed by atoms with Gasteiger partial charge in [-0.15, -0.1) is 0 Å². The van der Waals surface area contributed by atoms with Crippen LogP contribution in [0.25, 0.3) is 0 Å². The molecule has 0 aliphatic heterocycles. The number of ether oxygens (including phenoxy) is 1. The van der Waals surface area contributed by atoms with Crippen molar-refractivity contribution in [2.24, 2.45) is 0 Å². The number of carbonyl (C=O) groups excluding carboxylic acids is 2. The maximum atomic E-state index is 13.5. The van der Waals surface area contributed by atoms with Crippen molar-refractivity contribution in [2.75, 3.05) is 5.32 Å². The molecule has 0 aliphatic carbocycles. The highest BCUT2D eigenvalue weighted by Gasteiger charge is 2.17. The molecule has 1 atom stereocenters. The number of Topliss-reactive ketones (excluding diaryl/α,β-unsaturated/α-hetero) is 1. The van der Waals surface area contributed by atoms with Crippen molar-refractivity contribution < 1.29 is 23.1 Å². The molecule has 0 saturated heterocycles. The van der Waals surface area contributed by atoms with E-state index in [9.17, 15) is 18.4 Å². The minimum atomic E-state index is -0.958. The highest BCUT2D eigenvalue weighted by atomic mass is 19.1. The van der Waals surface area contributed by atoms with Crippen molar-refractivity contribution in [1.82, 2.24) is 0 Å². The largest absolute Gasteiger partial charge is 0.481 e. The Kier molecular flexibility index (Phi) is 5.05. The zero-order chi connectivity index (χ0) is 17.0. The highest BCUT2D eigenvalue weighted by molar-refractivity contribution is 5.95. The van der Waals surface area contributed by atoms with Gasteiger partial charge < -0.3 is 10.1 Å². The Hall–Kier alpha value is -2.76. The molecule has 0 aliphatic rings. The summed E-state index contributed by atoms with van der Waals surface area (Å²) in [6.45, 7) is 2.88. The molecule has 120 valence electrons. The summed E-state index contributed by atoms with van der Waals surface area (Å²) in [6.07, 6.45) is -0.958. The van der Waals surface area contributed by atoms with Gasteiger partial charge in [0.15, 0.2) is 11.9 Å². The molecule has 0 radical (unpaired) electrons. The Morgan fingerprint density at radius 1 is 1.13 bits per heavy atom. The van der Waals surface area contributed by atoms with E-state index >= 15 is 0 Å². The van der Waals surface area contributed by atoms with Crippen molar-refractivity contribution in [2.45, 2.75) is 20.0 Å². The number of carbonyl (C=O) groups is 2. The van der Waals surface area contributed by atoms with E-state index in [1.165, 1.54) is 19.9 Å². The zero-order valence-electron chi connectivity index (χ0n) is 12.6. The molecule has 0 saturated carbocycles. The van der Waals surface area contributed by atoms with E-state index in [0.29, 0.717) is 11.3 Å². The molecular weight excluding hydrogens is 304 g/mol. The van der Waals surface area contributed by atoms with Gasteiger partial charge in [0.05, 0.1) is 5.69 Å². The van der Waals surface area contributed by atoms with Crippen molar-refractivity contribution in [3.05, 3.63) is 59.7 Å². The molecule has 0 fully saturated rings. The van der Waals surface area contributed by atoms with Crippen molar-refractivity contribution in [3.63, 3.8) is 0 Å². The summed E-state index contributed by atoms with van der Waals surface area (Å²) in [5.41, 5.74) is 0.189. The molecule has 2 rings (SSSR count). The minimum absolute atomic E-state index is 0.130. The second kappa shape index (κ2) is 7.00. The molecule has 0 aromatic heterocycles. The summed E-state index contributed by atoms with van der Waals surface area (Å²) >= 11 is 0. The lowest BCUT2D eigenvalue weighted by Crippen LogP contribution is -2.30. The number of ketones is 1. The fourth-order valence-electron chi connectivity index (χ4n) is 1.87. The first-order valence-electron chi connectivity index (χ1n) is 6.90. The molecule has 4 nitrogen and oxygen atoms in total. The Morgan fingerprint density at radius 3 is 2.57 bits per heavy atom. The fourth-order valence-corrected chi connectivity index (χ4v) is 1.87. The molecule has 2 aromatic carbocycles. The van der Waals surface area contributed by atoms with Gasteiger partial charge in [0.25, 0.3) is 5.91 Å². The molecule has 6 heteroatoms. The number of benzene rings is 2. The van der Waals surface area contributed by atoms with Crippen LogP contribution in [0.15, 0.2) is 42.5 Å². The third kappa shape index (κ3) is 4.35. The van der Waals surface area contributed by atoms with Crippen LogP contribution in [0.5, 0.6) is 5.75 Å². The van der Waals surface area contributed by atoms with Crippen molar-refractivity contribution in [3.8, 4) is 5.75 Å². The van der Waals surface area contributed by atoms with Gasteiger partial charge in [0.2, 0.25) is 0 Å². The van der Waals surface area contributed by atoms with E-state index in [4.69, 9.17) is 4.74 Å². The van der Waals surface area contributed by atoms with E-state index < -0.39 is 23.6 Å². The summed E-state index contributed by atoms with van der Waals surface area (Å²) in [5.74, 6) is -1.84. The molecule has 0 bridgehead atoms. The standard InChI is InChI=1S/C17H15F2NO3/c1-10(21)12-4-3-5-14(8-12)23-11(2)17(22)20-16-9-13(18)6-7-15(16)19/h3-9,11H,1-2H3,(H,20,22)/t11-/m1/s1. The van der Waals surface area contributed by atoms with Gasteiger partial charge in [0.1, 0.15) is 17.4 Å². The Balaban J connectivity index is 2.07. The lowest BCUT2D eigenvalue weighted by atomic mass is 10.1. The van der Waals surface area contributed by atoms with E-state index in [2.05, 4.69) is 5.32 Å². The summed E-state index contributed by atoms with van der Waals surface area (Å²) in [4.78, 5) is 23.3. The first-order chi connectivity index (χ1) is 10.9. The zero-order valence-corrected chi connectivity index (χ0v) is 12.6. The first kappa shape index (κ1) is 16.6. The molecule has 0 heterocycles. The molecular formula is C17H15F2NO3. The maximum Gasteiger partial charge on any atom is 0.265 e. The van der Waals surface area contributed by atoms with Crippen LogP contribution in [0.2, 0.25) is 0 Å². The number of rotatable bonds is 5. The van der Waals surface area contributed by atoms with Gasteiger partial charge in [0, 0.05) is 11.6 Å². The minimum Gasteiger partial charge on any atom is -0.481 e. The molecule has 1 amide bonds. The van der Waals surface area contributed by atoms with Crippen molar-refractivity contribution in [1.29, 1.82) is 0 Å². The van der Waals surface area contributed by atoms with Gasteiger partial charge in [-0.2, -0.15) is 0 Å². The molecule has 0 unspecified atom stereocenters. The monoisotopic (exact) mass is 319 g/mol. The van der Waals surface area contributed by atoms with E-state index in [0.717, 1.165) is 18.2 Å². The third-order valence-electron chi connectivity index (χ3n) is 3.11. The topological polar surface area (TPSA) is 55.4 Å². The first-order valence-corrected chi connectivity index (χ1v) is 6.90. The van der Waals surface area contributed by atoms with Gasteiger partial charge in [-0.3, -0.25) is 9.59 Å². The van der Waals surface area contributed by atoms with E-state index in [1.54, 1.807) is 18.2 Å². The van der Waals surface area contributed by atoms with Gasteiger partial charge in [-0.05, 0) is 38.1 Å². The van der Waals surface area contributed by atoms with Crippen LogP contribution in [-0.4, -0.2) is 17.8 Å². The second-order valence-electron chi connectivity index (χ2n) is 4.96. The lowest BCUT2D eigenvalue weighted by Gasteiger charge is -2.15. The number of hydrogen-bond donors (Lipinski definition) is 1. The number of halogens is 2. The van der Waals surface area contributed by atoms with Gasteiger partial charge >= 0.3 is 0 Å². The predicted octanol–water partition coefficient (Wildman–Crippen LogP) is 3.57. The molecule has 0 spiro atoms. The summed E-state index contributed by atoms with van der Waals surface area (Å²) in [5, 5.41) is 2.26. The van der Waals surface area contributed by atoms with Crippen LogP contribution in [-0.2, 0) is 4.79 Å². The molecule has 23 heavy (non-hydrogen) atoms. The Bertz CT molecular complexity index is 746. The Labute approximate surface area is 132 Å². The third-order valence-corrected chi connectivity index (χ3v) is 3.11. The van der Waals surface area contributed by atoms with Gasteiger partial charge in [-0.1, -0.05) is 12.1 Å². The summed E-state index contributed by atoms with van der Waals surface area (Å²) < 4.78 is 32.0. The van der Waals surface area contributed by atoms with Crippen LogP contribution < -0.4 is 10.1 Å². The maximum absolute atomic E-state index is 13.5. The summed E-state index contributed by atoms with van der Waals surface area (Å²) in [6, 6.07) is 9.13. The molecule has 1 N–H and O–H groups in total. The van der Waals surface area contributed by atoms with E-state index in [1.807, 2.05) is 0 Å². The average Bonchev–Trinajstić information content (AvgIpc) is 2.51. The average molecular weight is 319 g/mol. The normalized spacial score (nSPS) is 11.7. The highest BCUT2D eigenvalue weighted by Crippen LogP contribution is 2.18. The smallest absolute Gasteiger partial charge is 0.265 e. The van der Waals surface area contributed by atoms with Crippen LogP contribution in [0.1, 0.15) is 24.2 Å². The van der Waals surface area contributed by atoms with Crippen LogP contribution in [0.3, 0.4) is 0 Å². The molecule has 2 aromatic rings. The predicted molar refractivity (Wildman–Crippen MR) is 81.5 cm³/mol. The quantitative estimate of drug-likeness (QED) is 0.857. The van der Waals surface area contributed by atoms with Crippen molar-refractivity contribution >= 4 is 17.4 Å². The Morgan fingerprint density at radius 2 is 1.87 bits per heavy atom. The number of amides is 1. The van der Waals surface area contributed by atoms with Crippen LogP contribution >= 0.6 is 0 Å².